The number of fused-ring (bicyclic) bond motifs is 1. The zero-order valence-electron chi connectivity index (χ0n) is 17.5. The molecule has 31 heavy (non-hydrogen) atoms. The van der Waals surface area contributed by atoms with Crippen molar-refractivity contribution in [3.05, 3.63) is 56.9 Å². The van der Waals surface area contributed by atoms with Crippen molar-refractivity contribution in [2.24, 2.45) is 0 Å². The number of esters is 1. The molecule has 1 N–H and O–H groups in total. The quantitative estimate of drug-likeness (QED) is 0.397. The Bertz CT molecular complexity index is 1090. The standard InChI is InChI=1S/C22H23N3O3S3/c1-12(29-22-25-24-13(2)30-22)19(26)23-20-18(21(27)28-3)16-10-9-15(11-17(16)31-20)14-7-5-4-6-8-14/h4-8,12,15H,9-11H2,1-3H3,(H,23,26). The second-order valence-electron chi connectivity index (χ2n) is 7.39. The van der Waals surface area contributed by atoms with Crippen LogP contribution in [0.3, 0.4) is 0 Å². The molecule has 1 amide bonds. The summed E-state index contributed by atoms with van der Waals surface area (Å²) in [6.07, 6.45) is 2.62. The molecule has 0 bridgehead atoms. The van der Waals surface area contributed by atoms with Crippen molar-refractivity contribution in [2.75, 3.05) is 12.4 Å². The van der Waals surface area contributed by atoms with Crippen molar-refractivity contribution in [2.45, 2.75) is 48.6 Å². The maximum atomic E-state index is 12.9. The predicted molar refractivity (Wildman–Crippen MR) is 125 cm³/mol. The van der Waals surface area contributed by atoms with Crippen LogP contribution in [0.5, 0.6) is 0 Å². The summed E-state index contributed by atoms with van der Waals surface area (Å²) >= 11 is 4.32. The molecule has 9 heteroatoms. The molecule has 0 spiro atoms. The average Bonchev–Trinajstić information content (AvgIpc) is 3.35. The van der Waals surface area contributed by atoms with Gasteiger partial charge in [-0.1, -0.05) is 53.4 Å². The summed E-state index contributed by atoms with van der Waals surface area (Å²) in [5, 5.41) is 12.1. The number of aromatic nitrogens is 2. The fraction of sp³-hybridized carbons (Fsp3) is 0.364. The van der Waals surface area contributed by atoms with Gasteiger partial charge in [-0.3, -0.25) is 4.79 Å². The number of nitrogens with zero attached hydrogens (tertiary/aromatic N) is 2. The number of nitrogens with one attached hydrogen (secondary N) is 1. The topological polar surface area (TPSA) is 81.2 Å². The molecular weight excluding hydrogens is 450 g/mol. The van der Waals surface area contributed by atoms with Crippen LogP contribution in [-0.2, 0) is 22.4 Å². The highest BCUT2D eigenvalue weighted by molar-refractivity contribution is 8.02. The molecule has 162 valence electrons. The number of hydrogen-bond donors (Lipinski definition) is 1. The molecule has 2 unspecified atom stereocenters. The Morgan fingerprint density at radius 2 is 2.00 bits per heavy atom. The summed E-state index contributed by atoms with van der Waals surface area (Å²) in [6.45, 7) is 3.71. The van der Waals surface area contributed by atoms with Crippen LogP contribution in [0.4, 0.5) is 5.00 Å². The normalized spacial score (nSPS) is 16.4. The molecule has 4 rings (SSSR count). The van der Waals surface area contributed by atoms with Crippen LogP contribution < -0.4 is 5.32 Å². The Morgan fingerprint density at radius 1 is 1.23 bits per heavy atom. The third-order valence-corrected chi connectivity index (χ3v) is 8.51. The highest BCUT2D eigenvalue weighted by atomic mass is 32.2. The van der Waals surface area contributed by atoms with E-state index in [0.29, 0.717) is 16.5 Å². The fourth-order valence-corrected chi connectivity index (χ4v) is 7.02. The van der Waals surface area contributed by atoms with Gasteiger partial charge in [-0.2, -0.15) is 0 Å². The van der Waals surface area contributed by atoms with Gasteiger partial charge in [0.25, 0.3) is 0 Å². The SMILES string of the molecule is COC(=O)c1c(NC(=O)C(C)Sc2nnc(C)s2)sc2c1CCC(c1ccccc1)C2. The molecule has 1 aliphatic rings. The Hall–Kier alpha value is -2.23. The number of rotatable bonds is 6. The van der Waals surface area contributed by atoms with Crippen LogP contribution in [0.1, 0.15) is 50.6 Å². The molecule has 0 aliphatic heterocycles. The molecule has 2 heterocycles. The highest BCUT2D eigenvalue weighted by Gasteiger charge is 2.31. The van der Waals surface area contributed by atoms with Crippen molar-refractivity contribution in [3.8, 4) is 0 Å². The van der Waals surface area contributed by atoms with Gasteiger partial charge in [-0.25, -0.2) is 4.79 Å². The second kappa shape index (κ2) is 9.50. The number of hydrogen-bond acceptors (Lipinski definition) is 8. The van der Waals surface area contributed by atoms with Crippen LogP contribution in [0, 0.1) is 6.92 Å². The van der Waals surface area contributed by atoms with Crippen molar-refractivity contribution >= 4 is 51.3 Å². The zero-order valence-corrected chi connectivity index (χ0v) is 20.0. The number of anilines is 1. The second-order valence-corrected chi connectivity index (χ2v) is 11.3. The monoisotopic (exact) mass is 473 g/mol. The Balaban J connectivity index is 1.55. The van der Waals surface area contributed by atoms with E-state index in [2.05, 4.69) is 39.8 Å². The third-order valence-electron chi connectivity index (χ3n) is 5.32. The molecule has 0 fully saturated rings. The number of carbonyl (C=O) groups excluding carboxylic acids is 2. The lowest BCUT2D eigenvalue weighted by Crippen LogP contribution is -2.23. The van der Waals surface area contributed by atoms with Gasteiger partial charge >= 0.3 is 5.97 Å². The number of carbonyl (C=O) groups is 2. The largest absolute Gasteiger partial charge is 0.465 e. The fourth-order valence-electron chi connectivity index (χ4n) is 3.75. The predicted octanol–water partition coefficient (Wildman–Crippen LogP) is 5.09. The van der Waals surface area contributed by atoms with Crippen molar-refractivity contribution < 1.29 is 14.3 Å². The van der Waals surface area contributed by atoms with Crippen molar-refractivity contribution in [3.63, 3.8) is 0 Å². The summed E-state index contributed by atoms with van der Waals surface area (Å²) < 4.78 is 5.80. The van der Waals surface area contributed by atoms with E-state index in [1.165, 1.54) is 47.1 Å². The molecule has 1 aromatic carbocycles. The Labute approximate surface area is 193 Å². The van der Waals surface area contributed by atoms with Gasteiger partial charge in [0, 0.05) is 4.88 Å². The van der Waals surface area contributed by atoms with E-state index < -0.39 is 5.97 Å². The van der Waals surface area contributed by atoms with E-state index in [4.69, 9.17) is 4.74 Å². The van der Waals surface area contributed by atoms with Crippen molar-refractivity contribution in [1.82, 2.24) is 10.2 Å². The minimum atomic E-state index is -0.397. The molecule has 2 atom stereocenters. The molecule has 0 saturated carbocycles. The van der Waals surface area contributed by atoms with Gasteiger partial charge in [-0.15, -0.1) is 21.5 Å². The highest BCUT2D eigenvalue weighted by Crippen LogP contribution is 2.43. The van der Waals surface area contributed by atoms with E-state index in [1.54, 1.807) is 0 Å². The average molecular weight is 474 g/mol. The van der Waals surface area contributed by atoms with E-state index in [0.717, 1.165) is 39.1 Å². The first-order valence-corrected chi connectivity index (χ1v) is 12.5. The minimum Gasteiger partial charge on any atom is -0.465 e. The molecule has 2 aromatic heterocycles. The van der Waals surface area contributed by atoms with E-state index in [9.17, 15) is 9.59 Å². The van der Waals surface area contributed by atoms with Crippen LogP contribution >= 0.6 is 34.4 Å². The van der Waals surface area contributed by atoms with Gasteiger partial charge < -0.3 is 10.1 Å². The number of methoxy groups -OCH3 is 1. The molecule has 0 saturated heterocycles. The summed E-state index contributed by atoms with van der Waals surface area (Å²) in [6, 6.07) is 10.4. The maximum absolute atomic E-state index is 12.9. The molecular formula is C22H23N3O3S3. The van der Waals surface area contributed by atoms with Gasteiger partial charge in [-0.05, 0) is 50.2 Å². The first-order chi connectivity index (χ1) is 15.0. The summed E-state index contributed by atoms with van der Waals surface area (Å²) in [5.74, 6) is -0.149. The van der Waals surface area contributed by atoms with Gasteiger partial charge in [0.15, 0.2) is 4.34 Å². The summed E-state index contributed by atoms with van der Waals surface area (Å²) in [5.41, 5.74) is 2.83. The lowest BCUT2D eigenvalue weighted by Gasteiger charge is -2.22. The van der Waals surface area contributed by atoms with Gasteiger partial charge in [0.2, 0.25) is 5.91 Å². The number of amides is 1. The summed E-state index contributed by atoms with van der Waals surface area (Å²) in [4.78, 5) is 26.6. The molecule has 3 aromatic rings. The smallest absolute Gasteiger partial charge is 0.341 e. The van der Waals surface area contributed by atoms with Crippen LogP contribution in [-0.4, -0.2) is 34.4 Å². The maximum Gasteiger partial charge on any atom is 0.341 e. The molecule has 0 radical (unpaired) electrons. The van der Waals surface area contributed by atoms with Crippen LogP contribution in [0.15, 0.2) is 34.7 Å². The van der Waals surface area contributed by atoms with Crippen LogP contribution in [0.2, 0.25) is 0 Å². The van der Waals surface area contributed by atoms with Crippen LogP contribution in [0.25, 0.3) is 0 Å². The number of aryl methyl sites for hydroxylation is 1. The third kappa shape index (κ3) is 4.83. The van der Waals surface area contributed by atoms with E-state index in [-0.39, 0.29) is 11.2 Å². The summed E-state index contributed by atoms with van der Waals surface area (Å²) in [7, 11) is 1.38. The number of benzene rings is 1. The van der Waals surface area contributed by atoms with E-state index >= 15 is 0 Å². The Morgan fingerprint density at radius 3 is 2.68 bits per heavy atom. The van der Waals surface area contributed by atoms with Crippen molar-refractivity contribution in [1.29, 1.82) is 0 Å². The lowest BCUT2D eigenvalue weighted by molar-refractivity contribution is -0.115. The first-order valence-electron chi connectivity index (χ1n) is 10.0. The van der Waals surface area contributed by atoms with Gasteiger partial charge in [0.1, 0.15) is 10.0 Å². The first kappa shape index (κ1) is 22.0. The number of thioether (sulfide) groups is 1. The zero-order chi connectivity index (χ0) is 22.0. The number of thiophene rings is 1. The molecule has 6 nitrogen and oxygen atoms in total. The minimum absolute atomic E-state index is 0.166. The van der Waals surface area contributed by atoms with E-state index in [1.807, 2.05) is 19.9 Å². The van der Waals surface area contributed by atoms with Gasteiger partial charge in [0.05, 0.1) is 17.9 Å². The Kier molecular flexibility index (Phi) is 6.74. The number of ether oxygens (including phenoxy) is 1. The molecule has 1 aliphatic carbocycles. The lowest BCUT2D eigenvalue weighted by atomic mass is 9.83.